The van der Waals surface area contributed by atoms with Crippen molar-refractivity contribution < 1.29 is 24.2 Å². The van der Waals surface area contributed by atoms with Crippen LogP contribution in [-0.4, -0.2) is 22.6 Å². The molecule has 1 N–H and O–H groups in total. The molecule has 0 spiro atoms. The molecule has 178 valence electrons. The first-order valence-electron chi connectivity index (χ1n) is 11.7. The predicted octanol–water partition coefficient (Wildman–Crippen LogP) is 6.02. The van der Waals surface area contributed by atoms with Crippen LogP contribution in [0.4, 0.5) is 0 Å². The van der Waals surface area contributed by atoms with Crippen LogP contribution in [0.1, 0.15) is 44.3 Å². The zero-order chi connectivity index (χ0) is 25.4. The lowest BCUT2D eigenvalue weighted by Crippen LogP contribution is -2.24. The minimum atomic E-state index is -1.18. The molecule has 36 heavy (non-hydrogen) atoms. The number of rotatable bonds is 6. The molecule has 4 aromatic rings. The third kappa shape index (κ3) is 4.20. The number of ketones is 2. The molecule has 1 aliphatic rings. The van der Waals surface area contributed by atoms with Crippen LogP contribution in [0.15, 0.2) is 90.5 Å². The van der Waals surface area contributed by atoms with E-state index in [1.165, 1.54) is 0 Å². The lowest BCUT2D eigenvalue weighted by molar-refractivity contribution is -0.134. The first-order valence-corrected chi connectivity index (χ1v) is 11.7. The Hall–Kier alpha value is -4.51. The normalized spacial score (nSPS) is 15.3. The number of Topliss-reactive ketones (excluding diaryl/α,β-unsaturated/α-hetero) is 2. The fourth-order valence-corrected chi connectivity index (χ4v) is 4.53. The average molecular weight is 477 g/mol. The average Bonchev–Trinajstić information content (AvgIpc) is 3.22. The number of ether oxygens (including phenoxy) is 1. The first kappa shape index (κ1) is 23.2. The number of aliphatic hydroxyl groups is 1. The Morgan fingerprint density at radius 3 is 2.33 bits per heavy atom. The number of esters is 1. The maximum Gasteiger partial charge on any atom is 0.339 e. The van der Waals surface area contributed by atoms with Gasteiger partial charge in [-0.25, -0.2) is 4.79 Å². The van der Waals surface area contributed by atoms with Gasteiger partial charge in [0, 0.05) is 17.5 Å². The van der Waals surface area contributed by atoms with E-state index >= 15 is 0 Å². The van der Waals surface area contributed by atoms with Crippen LogP contribution >= 0.6 is 0 Å². The van der Waals surface area contributed by atoms with Crippen molar-refractivity contribution in [3.05, 3.63) is 124 Å². The van der Waals surface area contributed by atoms with Gasteiger partial charge in [-0.05, 0) is 53.4 Å². The number of benzene rings is 4. The van der Waals surface area contributed by atoms with Gasteiger partial charge in [-0.15, -0.1) is 0 Å². The number of cyclic esters (lactones) is 1. The van der Waals surface area contributed by atoms with Crippen molar-refractivity contribution in [2.45, 2.75) is 26.4 Å². The molecule has 1 aliphatic heterocycles. The molecule has 5 rings (SSSR count). The van der Waals surface area contributed by atoms with E-state index in [9.17, 15) is 19.5 Å². The van der Waals surface area contributed by atoms with Crippen LogP contribution in [0.3, 0.4) is 0 Å². The van der Waals surface area contributed by atoms with Gasteiger partial charge in [-0.2, -0.15) is 0 Å². The maximum atomic E-state index is 13.6. The van der Waals surface area contributed by atoms with Crippen LogP contribution in [0.2, 0.25) is 0 Å². The molecule has 0 saturated heterocycles. The topological polar surface area (TPSA) is 80.7 Å². The van der Waals surface area contributed by atoms with Crippen molar-refractivity contribution in [2.24, 2.45) is 0 Å². The minimum Gasteiger partial charge on any atom is -0.507 e. The Kier molecular flexibility index (Phi) is 5.98. The van der Waals surface area contributed by atoms with Crippen molar-refractivity contribution >= 4 is 34.1 Å². The lowest BCUT2D eigenvalue weighted by Gasteiger charge is -2.17. The van der Waals surface area contributed by atoms with Crippen LogP contribution < -0.4 is 0 Å². The molecule has 0 radical (unpaired) electrons. The zero-order valence-corrected chi connectivity index (χ0v) is 19.9. The van der Waals surface area contributed by atoms with Gasteiger partial charge in [0.15, 0.2) is 6.10 Å². The highest BCUT2D eigenvalue weighted by Gasteiger charge is 2.40. The van der Waals surface area contributed by atoms with E-state index in [1.54, 1.807) is 36.4 Å². The summed E-state index contributed by atoms with van der Waals surface area (Å²) in [6.07, 6.45) is -1.31. The Balaban J connectivity index is 1.61. The van der Waals surface area contributed by atoms with Gasteiger partial charge in [-0.1, -0.05) is 72.8 Å². The molecule has 0 aromatic heterocycles. The van der Waals surface area contributed by atoms with E-state index < -0.39 is 23.6 Å². The number of carbonyl (C=O) groups excluding carboxylic acids is 3. The first-order chi connectivity index (χ1) is 17.3. The van der Waals surface area contributed by atoms with Gasteiger partial charge in [0.25, 0.3) is 0 Å². The van der Waals surface area contributed by atoms with Gasteiger partial charge in [0.1, 0.15) is 5.76 Å². The molecule has 4 aromatic carbocycles. The van der Waals surface area contributed by atoms with Gasteiger partial charge < -0.3 is 9.84 Å². The number of carbonyl (C=O) groups is 3. The highest BCUT2D eigenvalue weighted by Crippen LogP contribution is 2.39. The van der Waals surface area contributed by atoms with Gasteiger partial charge in [0.05, 0.1) is 11.1 Å². The minimum absolute atomic E-state index is 0.128. The molecule has 1 atom stereocenters. The molecule has 0 aliphatic carbocycles. The second kappa shape index (κ2) is 9.27. The molecule has 5 nitrogen and oxygen atoms in total. The van der Waals surface area contributed by atoms with Crippen molar-refractivity contribution in [2.75, 3.05) is 0 Å². The molecule has 0 amide bonds. The largest absolute Gasteiger partial charge is 0.507 e. The van der Waals surface area contributed by atoms with Crippen LogP contribution in [0.25, 0.3) is 16.5 Å². The van der Waals surface area contributed by atoms with Gasteiger partial charge in [0.2, 0.25) is 11.6 Å². The fourth-order valence-electron chi connectivity index (χ4n) is 4.53. The Morgan fingerprint density at radius 1 is 0.833 bits per heavy atom. The molecular weight excluding hydrogens is 452 g/mol. The van der Waals surface area contributed by atoms with E-state index in [0.29, 0.717) is 22.3 Å². The fraction of sp³-hybridized carbons (Fsp3) is 0.129. The molecule has 5 heteroatoms. The summed E-state index contributed by atoms with van der Waals surface area (Å²) in [5.41, 5.74) is 3.67. The van der Waals surface area contributed by atoms with Crippen LogP contribution in [0.5, 0.6) is 0 Å². The summed E-state index contributed by atoms with van der Waals surface area (Å²) in [6.45, 7) is 3.91. The van der Waals surface area contributed by atoms with Gasteiger partial charge in [-0.3, -0.25) is 9.59 Å². The third-order valence-corrected chi connectivity index (χ3v) is 6.66. The molecule has 0 bridgehead atoms. The predicted molar refractivity (Wildman–Crippen MR) is 138 cm³/mol. The SMILES string of the molecule is Cc1ccc(CC(=O)C(=O)C(=C(O)c2ccc3ccccc3c2)[C@@H]2OC(=O)c3ccccc32)cc1C. The van der Waals surface area contributed by atoms with Crippen molar-refractivity contribution in [1.82, 2.24) is 0 Å². The molecular formula is C31H24O5. The van der Waals surface area contributed by atoms with Crippen molar-refractivity contribution in [1.29, 1.82) is 0 Å². The van der Waals surface area contributed by atoms with Crippen LogP contribution in [0, 0.1) is 13.8 Å². The van der Waals surface area contributed by atoms with E-state index in [2.05, 4.69) is 0 Å². The Labute approximate surface area is 208 Å². The van der Waals surface area contributed by atoms with E-state index in [1.807, 2.05) is 62.4 Å². The Bertz CT molecular complexity index is 1580. The van der Waals surface area contributed by atoms with Crippen LogP contribution in [-0.2, 0) is 20.7 Å². The third-order valence-electron chi connectivity index (χ3n) is 6.66. The molecule has 1 heterocycles. The molecule has 0 saturated carbocycles. The summed E-state index contributed by atoms with van der Waals surface area (Å²) in [5, 5.41) is 13.2. The van der Waals surface area contributed by atoms with Gasteiger partial charge >= 0.3 is 5.97 Å². The highest BCUT2D eigenvalue weighted by molar-refractivity contribution is 6.45. The summed E-state index contributed by atoms with van der Waals surface area (Å²) in [5.74, 6) is -2.56. The number of fused-ring (bicyclic) bond motifs is 2. The lowest BCUT2D eigenvalue weighted by atomic mass is 9.90. The number of hydrogen-bond donors (Lipinski definition) is 1. The second-order valence-electron chi connectivity index (χ2n) is 9.04. The van der Waals surface area contributed by atoms with E-state index in [-0.39, 0.29) is 17.8 Å². The van der Waals surface area contributed by atoms with Crippen molar-refractivity contribution in [3.63, 3.8) is 0 Å². The van der Waals surface area contributed by atoms with E-state index in [0.717, 1.165) is 21.9 Å². The Morgan fingerprint density at radius 2 is 1.56 bits per heavy atom. The van der Waals surface area contributed by atoms with E-state index in [4.69, 9.17) is 4.74 Å². The summed E-state index contributed by atoms with van der Waals surface area (Å²) in [6, 6.07) is 25.1. The summed E-state index contributed by atoms with van der Waals surface area (Å²) >= 11 is 0. The standard InChI is InChI=1S/C31H24O5/c1-18-11-12-20(15-19(18)2)16-26(32)29(34)27(30-24-9-5-6-10-25(24)31(35)36-30)28(33)23-14-13-21-7-3-4-8-22(21)17-23/h3-15,17,30,33H,16H2,1-2H3/t30-/m1/s1. The monoisotopic (exact) mass is 476 g/mol. The summed E-state index contributed by atoms with van der Waals surface area (Å²) < 4.78 is 5.55. The maximum absolute atomic E-state index is 13.6. The number of aliphatic hydroxyl groups excluding tert-OH is 1. The zero-order valence-electron chi connectivity index (χ0n) is 19.9. The molecule has 0 fully saturated rings. The second-order valence-corrected chi connectivity index (χ2v) is 9.04. The number of aryl methyl sites for hydroxylation is 2. The smallest absolute Gasteiger partial charge is 0.339 e. The summed E-state index contributed by atoms with van der Waals surface area (Å²) in [4.78, 5) is 39.4. The quantitative estimate of drug-likeness (QED) is 0.159. The van der Waals surface area contributed by atoms with Crippen molar-refractivity contribution in [3.8, 4) is 0 Å². The molecule has 0 unspecified atom stereocenters. The highest BCUT2D eigenvalue weighted by atomic mass is 16.5. The summed E-state index contributed by atoms with van der Waals surface area (Å²) in [7, 11) is 0. The number of hydrogen-bond acceptors (Lipinski definition) is 5.